The van der Waals surface area contributed by atoms with E-state index >= 15 is 0 Å². The van der Waals surface area contributed by atoms with Crippen molar-refractivity contribution in [2.75, 3.05) is 19.8 Å². The SMILES string of the molecule is CC(C)(C)OC(=O)NC1(CNC(=O)COCC(F)(F)F)CCCCCC1. The Morgan fingerprint density at radius 1 is 1.04 bits per heavy atom. The first-order chi connectivity index (χ1) is 11.9. The largest absolute Gasteiger partial charge is 0.444 e. The summed E-state index contributed by atoms with van der Waals surface area (Å²) in [5.41, 5.74) is -1.32. The lowest BCUT2D eigenvalue weighted by Gasteiger charge is -2.35. The molecule has 0 saturated heterocycles. The van der Waals surface area contributed by atoms with Crippen LogP contribution in [0.5, 0.6) is 0 Å². The first-order valence-corrected chi connectivity index (χ1v) is 8.83. The Morgan fingerprint density at radius 3 is 2.12 bits per heavy atom. The van der Waals surface area contributed by atoms with Crippen molar-refractivity contribution in [3.05, 3.63) is 0 Å². The summed E-state index contributed by atoms with van der Waals surface area (Å²) in [5.74, 6) is -0.649. The maximum Gasteiger partial charge on any atom is 0.411 e. The number of ether oxygens (including phenoxy) is 2. The van der Waals surface area contributed by atoms with Crippen molar-refractivity contribution in [1.29, 1.82) is 0 Å². The highest BCUT2D eigenvalue weighted by molar-refractivity contribution is 5.77. The van der Waals surface area contributed by atoms with Crippen LogP contribution in [0.4, 0.5) is 18.0 Å². The Balaban J connectivity index is 2.60. The third kappa shape index (κ3) is 9.84. The predicted molar refractivity (Wildman–Crippen MR) is 89.7 cm³/mol. The van der Waals surface area contributed by atoms with Crippen molar-refractivity contribution in [2.45, 2.75) is 76.6 Å². The van der Waals surface area contributed by atoms with Gasteiger partial charge in [-0.25, -0.2) is 4.79 Å². The van der Waals surface area contributed by atoms with E-state index in [1.54, 1.807) is 20.8 Å². The molecule has 2 N–H and O–H groups in total. The number of hydrogen-bond acceptors (Lipinski definition) is 4. The minimum atomic E-state index is -4.47. The van der Waals surface area contributed by atoms with Gasteiger partial charge < -0.3 is 20.1 Å². The van der Waals surface area contributed by atoms with Crippen molar-refractivity contribution in [3.8, 4) is 0 Å². The van der Waals surface area contributed by atoms with Gasteiger partial charge in [0.15, 0.2) is 0 Å². The Morgan fingerprint density at radius 2 is 1.62 bits per heavy atom. The number of nitrogens with one attached hydrogen (secondary N) is 2. The molecule has 0 unspecified atom stereocenters. The van der Waals surface area contributed by atoms with Crippen LogP contribution in [0.2, 0.25) is 0 Å². The van der Waals surface area contributed by atoms with Crippen molar-refractivity contribution >= 4 is 12.0 Å². The molecular weight excluding hydrogens is 353 g/mol. The van der Waals surface area contributed by atoms with Crippen LogP contribution < -0.4 is 10.6 Å². The van der Waals surface area contributed by atoms with Gasteiger partial charge in [0.05, 0.1) is 5.54 Å². The van der Waals surface area contributed by atoms with Gasteiger partial charge in [0, 0.05) is 6.54 Å². The van der Waals surface area contributed by atoms with E-state index in [0.717, 1.165) is 25.7 Å². The third-order valence-electron chi connectivity index (χ3n) is 3.95. The highest BCUT2D eigenvalue weighted by atomic mass is 19.4. The Kier molecular flexibility index (Phi) is 8.17. The molecule has 1 aliphatic carbocycles. The fourth-order valence-electron chi connectivity index (χ4n) is 2.85. The van der Waals surface area contributed by atoms with Crippen molar-refractivity contribution in [3.63, 3.8) is 0 Å². The molecule has 26 heavy (non-hydrogen) atoms. The molecule has 1 saturated carbocycles. The summed E-state index contributed by atoms with van der Waals surface area (Å²) in [6, 6.07) is 0. The van der Waals surface area contributed by atoms with Gasteiger partial charge in [0.25, 0.3) is 0 Å². The maximum atomic E-state index is 12.2. The molecule has 0 aromatic carbocycles. The van der Waals surface area contributed by atoms with Gasteiger partial charge in [-0.15, -0.1) is 0 Å². The lowest BCUT2D eigenvalue weighted by molar-refractivity contribution is -0.175. The topological polar surface area (TPSA) is 76.7 Å². The van der Waals surface area contributed by atoms with Crippen LogP contribution in [0, 0.1) is 0 Å². The average Bonchev–Trinajstić information content (AvgIpc) is 2.68. The second kappa shape index (κ2) is 9.43. The van der Waals surface area contributed by atoms with Crippen LogP contribution >= 0.6 is 0 Å². The summed E-state index contributed by atoms with van der Waals surface area (Å²) in [6.45, 7) is 3.24. The molecule has 1 aliphatic rings. The molecule has 6 nitrogen and oxygen atoms in total. The second-order valence-corrected chi connectivity index (χ2v) is 7.71. The molecule has 2 amide bonds. The molecule has 0 bridgehead atoms. The average molecular weight is 382 g/mol. The van der Waals surface area contributed by atoms with Gasteiger partial charge in [-0.2, -0.15) is 13.2 Å². The van der Waals surface area contributed by atoms with E-state index in [9.17, 15) is 22.8 Å². The predicted octanol–water partition coefficient (Wildman–Crippen LogP) is 3.30. The van der Waals surface area contributed by atoms with E-state index < -0.39 is 42.5 Å². The van der Waals surface area contributed by atoms with Crippen LogP contribution in [0.25, 0.3) is 0 Å². The third-order valence-corrected chi connectivity index (χ3v) is 3.95. The lowest BCUT2D eigenvalue weighted by Crippen LogP contribution is -2.56. The summed E-state index contributed by atoms with van der Waals surface area (Å²) >= 11 is 0. The van der Waals surface area contributed by atoms with Crippen LogP contribution in [0.15, 0.2) is 0 Å². The van der Waals surface area contributed by atoms with E-state index in [0.29, 0.717) is 12.8 Å². The zero-order valence-electron chi connectivity index (χ0n) is 15.6. The van der Waals surface area contributed by atoms with Gasteiger partial charge >= 0.3 is 12.3 Å². The smallest absolute Gasteiger partial charge is 0.411 e. The fraction of sp³-hybridized carbons (Fsp3) is 0.882. The number of rotatable bonds is 6. The molecule has 0 atom stereocenters. The van der Waals surface area contributed by atoms with Crippen molar-refractivity contribution in [1.82, 2.24) is 10.6 Å². The van der Waals surface area contributed by atoms with E-state index in [4.69, 9.17) is 4.74 Å². The summed E-state index contributed by atoms with van der Waals surface area (Å²) in [6.07, 6.45) is 0.113. The lowest BCUT2D eigenvalue weighted by atomic mass is 9.90. The zero-order chi connectivity index (χ0) is 19.8. The second-order valence-electron chi connectivity index (χ2n) is 7.71. The highest BCUT2D eigenvalue weighted by Crippen LogP contribution is 2.27. The van der Waals surface area contributed by atoms with Gasteiger partial charge in [-0.3, -0.25) is 4.79 Å². The van der Waals surface area contributed by atoms with E-state index in [1.807, 2.05) is 0 Å². The first kappa shape index (κ1) is 22.5. The molecule has 0 spiro atoms. The first-order valence-electron chi connectivity index (χ1n) is 8.83. The van der Waals surface area contributed by atoms with E-state index in [2.05, 4.69) is 15.4 Å². The molecule has 152 valence electrons. The number of alkyl carbamates (subject to hydrolysis) is 1. The van der Waals surface area contributed by atoms with Crippen LogP contribution in [0.1, 0.15) is 59.3 Å². The minimum Gasteiger partial charge on any atom is -0.444 e. The zero-order valence-corrected chi connectivity index (χ0v) is 15.6. The van der Waals surface area contributed by atoms with Crippen LogP contribution in [0.3, 0.4) is 0 Å². The number of halogens is 3. The molecular formula is C17H29F3N2O4. The Labute approximate surface area is 152 Å². The molecule has 9 heteroatoms. The molecule has 0 heterocycles. The number of hydrogen-bond donors (Lipinski definition) is 2. The highest BCUT2D eigenvalue weighted by Gasteiger charge is 2.35. The van der Waals surface area contributed by atoms with Crippen LogP contribution in [-0.2, 0) is 14.3 Å². The van der Waals surface area contributed by atoms with Crippen molar-refractivity contribution < 1.29 is 32.2 Å². The molecule has 0 aromatic rings. The normalized spacial score (nSPS) is 17.9. The number of amides is 2. The Hall–Kier alpha value is -1.51. The van der Waals surface area contributed by atoms with Crippen molar-refractivity contribution in [2.24, 2.45) is 0 Å². The van der Waals surface area contributed by atoms with Gasteiger partial charge in [0.2, 0.25) is 5.91 Å². The number of alkyl halides is 3. The quantitative estimate of drug-likeness (QED) is 0.691. The molecule has 1 fully saturated rings. The summed E-state index contributed by atoms with van der Waals surface area (Å²) in [7, 11) is 0. The van der Waals surface area contributed by atoms with Gasteiger partial charge in [-0.1, -0.05) is 25.7 Å². The van der Waals surface area contributed by atoms with Crippen LogP contribution in [-0.4, -0.2) is 49.1 Å². The number of carbonyl (C=O) groups excluding carboxylic acids is 2. The summed E-state index contributed by atoms with van der Waals surface area (Å²) in [5, 5.41) is 5.44. The summed E-state index contributed by atoms with van der Waals surface area (Å²) in [4.78, 5) is 23.9. The monoisotopic (exact) mass is 382 g/mol. The number of carbonyl (C=O) groups is 2. The van der Waals surface area contributed by atoms with E-state index in [-0.39, 0.29) is 6.54 Å². The standard InChI is InChI=1S/C17H29F3N2O4/c1-15(2,3)26-14(24)22-16(8-6-4-5-7-9-16)11-21-13(23)10-25-12-17(18,19)20/h4-12H2,1-3H3,(H,21,23)(H,22,24). The minimum absolute atomic E-state index is 0.125. The van der Waals surface area contributed by atoms with E-state index in [1.165, 1.54) is 0 Å². The van der Waals surface area contributed by atoms with Gasteiger partial charge in [0.1, 0.15) is 18.8 Å². The molecule has 1 rings (SSSR count). The van der Waals surface area contributed by atoms with Gasteiger partial charge in [-0.05, 0) is 33.6 Å². The molecule has 0 aromatic heterocycles. The summed E-state index contributed by atoms with van der Waals surface area (Å²) < 4.78 is 45.8. The molecule has 0 radical (unpaired) electrons. The fourth-order valence-corrected chi connectivity index (χ4v) is 2.85. The molecule has 0 aliphatic heterocycles. The maximum absolute atomic E-state index is 12.2. The Bertz CT molecular complexity index is 468.